The van der Waals surface area contributed by atoms with Gasteiger partial charge >= 0.3 is 0 Å². The number of halogens is 1. The van der Waals surface area contributed by atoms with E-state index in [-0.39, 0.29) is 11.4 Å². The van der Waals surface area contributed by atoms with E-state index in [1.807, 2.05) is 12.1 Å². The van der Waals surface area contributed by atoms with Gasteiger partial charge in [0.2, 0.25) is 0 Å². The molecule has 3 nitrogen and oxygen atoms in total. The second-order valence-electron chi connectivity index (χ2n) is 5.06. The maximum absolute atomic E-state index is 12.2. The van der Waals surface area contributed by atoms with E-state index in [4.69, 9.17) is 4.74 Å². The van der Waals surface area contributed by atoms with Crippen LogP contribution in [0.2, 0.25) is 0 Å². The zero-order valence-corrected chi connectivity index (χ0v) is 11.2. The van der Waals surface area contributed by atoms with E-state index in [1.54, 1.807) is 13.2 Å². The summed E-state index contributed by atoms with van der Waals surface area (Å²) < 4.78 is 6.15. The molecule has 0 atom stereocenters. The van der Waals surface area contributed by atoms with Crippen molar-refractivity contribution in [1.29, 1.82) is 0 Å². The minimum atomic E-state index is -0.0208. The normalized spacial score (nSPS) is 28.9. The lowest BCUT2D eigenvalue weighted by Gasteiger charge is -2.61. The van der Waals surface area contributed by atoms with Gasteiger partial charge in [0, 0.05) is 10.0 Å². The Hall–Kier alpha value is -1.03. The Morgan fingerprint density at radius 3 is 2.71 bits per heavy atom. The number of amides is 1. The van der Waals surface area contributed by atoms with Crippen LogP contribution in [0.3, 0.4) is 0 Å². The van der Waals surface area contributed by atoms with Crippen LogP contribution in [0.15, 0.2) is 22.7 Å². The molecule has 1 aromatic rings. The molecule has 0 heterocycles. The first-order valence-electron chi connectivity index (χ1n) is 5.78. The van der Waals surface area contributed by atoms with Gasteiger partial charge in [-0.1, -0.05) is 15.9 Å². The van der Waals surface area contributed by atoms with Crippen LogP contribution >= 0.6 is 15.9 Å². The van der Waals surface area contributed by atoms with Crippen LogP contribution < -0.4 is 10.1 Å². The lowest BCUT2D eigenvalue weighted by molar-refractivity contribution is -0.0439. The number of rotatable bonds is 3. The molecular formula is C13H14BrNO2. The maximum Gasteiger partial charge on any atom is 0.255 e. The highest BCUT2D eigenvalue weighted by atomic mass is 79.9. The fraction of sp³-hybridized carbons (Fsp3) is 0.462. The minimum absolute atomic E-state index is 0.0208. The molecule has 2 bridgehead atoms. The average molecular weight is 296 g/mol. The Morgan fingerprint density at radius 1 is 1.47 bits per heavy atom. The number of carbonyl (C=O) groups is 1. The van der Waals surface area contributed by atoms with Crippen LogP contribution in [0.4, 0.5) is 0 Å². The minimum Gasteiger partial charge on any atom is -0.496 e. The van der Waals surface area contributed by atoms with Crippen LogP contribution in [0, 0.1) is 5.92 Å². The van der Waals surface area contributed by atoms with E-state index < -0.39 is 0 Å². The number of hydrogen-bond acceptors (Lipinski definition) is 2. The third-order valence-electron chi connectivity index (χ3n) is 3.83. The van der Waals surface area contributed by atoms with E-state index in [1.165, 1.54) is 0 Å². The molecular weight excluding hydrogens is 282 g/mol. The highest BCUT2D eigenvalue weighted by Crippen LogP contribution is 2.57. The van der Waals surface area contributed by atoms with Gasteiger partial charge in [-0.05, 0) is 43.4 Å². The number of hydrogen-bond donors (Lipinski definition) is 1. The molecule has 1 amide bonds. The van der Waals surface area contributed by atoms with Gasteiger partial charge in [-0.2, -0.15) is 0 Å². The quantitative estimate of drug-likeness (QED) is 0.931. The summed E-state index contributed by atoms with van der Waals surface area (Å²) in [6, 6.07) is 5.47. The monoisotopic (exact) mass is 295 g/mol. The standard InChI is InChI=1S/C13H14BrNO2/c1-17-11-4-9(14)2-3-10(11)12(16)15-13-5-8(6-13)7-13/h2-4,8H,5-7H2,1H3,(H,15,16). The second kappa shape index (κ2) is 3.73. The molecule has 4 heteroatoms. The molecule has 1 aromatic carbocycles. The van der Waals surface area contributed by atoms with Crippen LogP contribution in [-0.2, 0) is 0 Å². The predicted molar refractivity (Wildman–Crippen MR) is 68.2 cm³/mol. The Kier molecular flexibility index (Phi) is 2.43. The van der Waals surface area contributed by atoms with Crippen molar-refractivity contribution < 1.29 is 9.53 Å². The van der Waals surface area contributed by atoms with E-state index in [0.29, 0.717) is 11.3 Å². The first-order chi connectivity index (χ1) is 8.12. The molecule has 90 valence electrons. The number of nitrogens with one attached hydrogen (secondary N) is 1. The zero-order valence-electron chi connectivity index (χ0n) is 9.63. The summed E-state index contributed by atoms with van der Waals surface area (Å²) in [6.45, 7) is 0. The summed E-state index contributed by atoms with van der Waals surface area (Å²) in [5, 5.41) is 3.13. The number of methoxy groups -OCH3 is 1. The summed E-state index contributed by atoms with van der Waals surface area (Å²) in [4.78, 5) is 12.2. The molecule has 4 rings (SSSR count). The topological polar surface area (TPSA) is 38.3 Å². The third kappa shape index (κ3) is 1.75. The van der Waals surface area contributed by atoms with Crippen molar-refractivity contribution in [3.8, 4) is 5.75 Å². The number of benzene rings is 1. The summed E-state index contributed by atoms with van der Waals surface area (Å²) in [5.41, 5.74) is 0.722. The fourth-order valence-corrected chi connectivity index (χ4v) is 3.13. The maximum atomic E-state index is 12.2. The Morgan fingerprint density at radius 2 is 2.18 bits per heavy atom. The largest absolute Gasteiger partial charge is 0.496 e. The summed E-state index contributed by atoms with van der Waals surface area (Å²) in [5.74, 6) is 1.46. The van der Waals surface area contributed by atoms with E-state index >= 15 is 0 Å². The van der Waals surface area contributed by atoms with Crippen molar-refractivity contribution in [2.45, 2.75) is 24.8 Å². The first kappa shape index (κ1) is 11.1. The summed E-state index contributed by atoms with van der Waals surface area (Å²) in [7, 11) is 1.58. The number of carbonyl (C=O) groups excluding carboxylic acids is 1. The predicted octanol–water partition coefficient (Wildman–Crippen LogP) is 2.74. The number of ether oxygens (including phenoxy) is 1. The van der Waals surface area contributed by atoms with Crippen molar-refractivity contribution in [3.05, 3.63) is 28.2 Å². The molecule has 3 saturated carbocycles. The molecule has 3 aliphatic carbocycles. The second-order valence-corrected chi connectivity index (χ2v) is 5.97. The van der Waals surface area contributed by atoms with Gasteiger partial charge in [0.25, 0.3) is 5.91 Å². The van der Waals surface area contributed by atoms with Gasteiger partial charge in [-0.15, -0.1) is 0 Å². The molecule has 0 saturated heterocycles. The molecule has 17 heavy (non-hydrogen) atoms. The van der Waals surface area contributed by atoms with Gasteiger partial charge in [-0.3, -0.25) is 4.79 Å². The van der Waals surface area contributed by atoms with Crippen LogP contribution in [0.5, 0.6) is 5.75 Å². The molecule has 3 fully saturated rings. The molecule has 0 aliphatic heterocycles. The SMILES string of the molecule is COc1cc(Br)ccc1C(=O)NC12CC(C1)C2. The van der Waals surface area contributed by atoms with Crippen molar-refractivity contribution >= 4 is 21.8 Å². The van der Waals surface area contributed by atoms with Crippen molar-refractivity contribution in [2.24, 2.45) is 5.92 Å². The first-order valence-corrected chi connectivity index (χ1v) is 6.57. The van der Waals surface area contributed by atoms with Gasteiger partial charge in [0.05, 0.1) is 12.7 Å². The molecule has 0 spiro atoms. The molecule has 1 N–H and O–H groups in total. The van der Waals surface area contributed by atoms with E-state index in [2.05, 4.69) is 21.2 Å². The smallest absolute Gasteiger partial charge is 0.255 e. The lowest BCUT2D eigenvalue weighted by atomic mass is 9.50. The van der Waals surface area contributed by atoms with E-state index in [9.17, 15) is 4.79 Å². The van der Waals surface area contributed by atoms with Crippen molar-refractivity contribution in [3.63, 3.8) is 0 Å². The van der Waals surface area contributed by atoms with Gasteiger partial charge < -0.3 is 10.1 Å². The van der Waals surface area contributed by atoms with Crippen molar-refractivity contribution in [1.82, 2.24) is 5.32 Å². The van der Waals surface area contributed by atoms with Gasteiger partial charge in [-0.25, -0.2) is 0 Å². The average Bonchev–Trinajstić information content (AvgIpc) is 2.21. The third-order valence-corrected chi connectivity index (χ3v) is 4.32. The molecule has 0 aromatic heterocycles. The molecule has 0 radical (unpaired) electrons. The highest BCUT2D eigenvalue weighted by Gasteiger charge is 2.57. The Bertz CT molecular complexity index is 469. The van der Waals surface area contributed by atoms with Crippen molar-refractivity contribution in [2.75, 3.05) is 7.11 Å². The Labute approximate surface area is 109 Å². The fourth-order valence-electron chi connectivity index (χ4n) is 2.79. The van der Waals surface area contributed by atoms with Crippen LogP contribution in [0.25, 0.3) is 0 Å². The van der Waals surface area contributed by atoms with Crippen LogP contribution in [-0.4, -0.2) is 18.6 Å². The van der Waals surface area contributed by atoms with Gasteiger partial charge in [0.1, 0.15) is 5.75 Å². The molecule has 3 aliphatic rings. The summed E-state index contributed by atoms with van der Waals surface area (Å²) >= 11 is 3.37. The Balaban J connectivity index is 1.80. The van der Waals surface area contributed by atoms with E-state index in [0.717, 1.165) is 29.7 Å². The zero-order chi connectivity index (χ0) is 12.0. The van der Waals surface area contributed by atoms with Crippen LogP contribution in [0.1, 0.15) is 29.6 Å². The summed E-state index contributed by atoms with van der Waals surface area (Å²) in [6.07, 6.45) is 3.45. The lowest BCUT2D eigenvalue weighted by Crippen LogP contribution is -2.68. The highest BCUT2D eigenvalue weighted by molar-refractivity contribution is 9.10. The molecule has 0 unspecified atom stereocenters. The van der Waals surface area contributed by atoms with Gasteiger partial charge in [0.15, 0.2) is 0 Å².